The van der Waals surface area contributed by atoms with E-state index in [4.69, 9.17) is 4.74 Å². The van der Waals surface area contributed by atoms with Crippen molar-refractivity contribution >= 4 is 16.8 Å². The van der Waals surface area contributed by atoms with Crippen LogP contribution in [0.2, 0.25) is 0 Å². The lowest BCUT2D eigenvalue weighted by atomic mass is 9.84. The van der Waals surface area contributed by atoms with Crippen LogP contribution in [-0.4, -0.2) is 30.6 Å². The van der Waals surface area contributed by atoms with Crippen LogP contribution in [0.5, 0.6) is 0 Å². The molecule has 1 aromatic heterocycles. The Hall–Kier alpha value is -1.81. The predicted octanol–water partition coefficient (Wildman–Crippen LogP) is 2.99. The summed E-state index contributed by atoms with van der Waals surface area (Å²) < 4.78 is 5.32. The number of carbonyl (C=O) groups is 1. The van der Waals surface area contributed by atoms with Gasteiger partial charge in [-0.2, -0.15) is 0 Å². The number of nitrogens with one attached hydrogen (secondary N) is 2. The molecular weight excluding hydrogens is 276 g/mol. The van der Waals surface area contributed by atoms with Crippen LogP contribution in [0.4, 0.5) is 0 Å². The lowest BCUT2D eigenvalue weighted by Crippen LogP contribution is -2.41. The Morgan fingerprint density at radius 1 is 1.32 bits per heavy atom. The second kappa shape index (κ2) is 6.13. The Morgan fingerprint density at radius 3 is 2.82 bits per heavy atom. The van der Waals surface area contributed by atoms with Crippen LogP contribution in [0.3, 0.4) is 0 Å². The number of fused-ring (bicyclic) bond motifs is 1. The van der Waals surface area contributed by atoms with Crippen molar-refractivity contribution in [2.75, 3.05) is 19.8 Å². The first-order valence-corrected chi connectivity index (χ1v) is 8.00. The van der Waals surface area contributed by atoms with Crippen molar-refractivity contribution in [2.45, 2.75) is 32.1 Å². The molecule has 1 amide bonds. The zero-order chi connectivity index (χ0) is 15.6. The summed E-state index contributed by atoms with van der Waals surface area (Å²) in [6.45, 7) is 6.39. The van der Waals surface area contributed by atoms with Crippen LogP contribution in [0.15, 0.2) is 30.5 Å². The van der Waals surface area contributed by atoms with Gasteiger partial charge in [0.1, 0.15) is 0 Å². The van der Waals surface area contributed by atoms with Crippen LogP contribution in [0.25, 0.3) is 10.9 Å². The van der Waals surface area contributed by atoms with Crippen LogP contribution < -0.4 is 5.32 Å². The van der Waals surface area contributed by atoms with E-state index >= 15 is 0 Å². The van der Waals surface area contributed by atoms with Gasteiger partial charge in [0.25, 0.3) is 0 Å². The fraction of sp³-hybridized carbons (Fsp3) is 0.500. The molecule has 1 fully saturated rings. The van der Waals surface area contributed by atoms with Crippen molar-refractivity contribution in [2.24, 2.45) is 5.92 Å². The largest absolute Gasteiger partial charge is 0.381 e. The van der Waals surface area contributed by atoms with E-state index in [1.165, 1.54) is 10.9 Å². The average molecular weight is 300 g/mol. The topological polar surface area (TPSA) is 54.1 Å². The summed E-state index contributed by atoms with van der Waals surface area (Å²) in [5.41, 5.74) is 2.28. The summed E-state index contributed by atoms with van der Waals surface area (Å²) in [6, 6.07) is 8.29. The van der Waals surface area contributed by atoms with Crippen LogP contribution in [0.1, 0.15) is 32.3 Å². The second-order valence-electron chi connectivity index (χ2n) is 6.74. The smallest absolute Gasteiger partial charge is 0.223 e. The number of para-hydroxylation sites is 1. The number of hydrogen-bond acceptors (Lipinski definition) is 2. The molecule has 1 saturated heterocycles. The first-order chi connectivity index (χ1) is 10.6. The molecule has 1 aromatic carbocycles. The zero-order valence-electron chi connectivity index (χ0n) is 13.3. The Bertz CT molecular complexity index is 654. The molecule has 2 aromatic rings. The van der Waals surface area contributed by atoms with Crippen molar-refractivity contribution in [1.29, 1.82) is 0 Å². The molecule has 2 N–H and O–H groups in total. The molecule has 1 aliphatic rings. The highest BCUT2D eigenvalue weighted by Crippen LogP contribution is 2.30. The molecule has 1 aliphatic heterocycles. The molecule has 3 rings (SSSR count). The molecule has 2 heterocycles. The summed E-state index contributed by atoms with van der Waals surface area (Å²) in [5, 5.41) is 4.37. The minimum atomic E-state index is -0.111. The van der Waals surface area contributed by atoms with Gasteiger partial charge in [-0.1, -0.05) is 32.0 Å². The highest BCUT2D eigenvalue weighted by Gasteiger charge is 2.27. The van der Waals surface area contributed by atoms with E-state index in [0.717, 1.165) is 18.4 Å². The maximum Gasteiger partial charge on any atom is 0.223 e. The quantitative estimate of drug-likeness (QED) is 0.912. The van der Waals surface area contributed by atoms with Gasteiger partial charge in [-0.05, 0) is 24.5 Å². The standard InChI is InChI=1S/C18H24N2O2/c1-18(2,12-20-17(21)13-7-9-22-10-8-13)15-11-19-16-6-4-3-5-14(15)16/h3-6,11,13,19H,7-10,12H2,1-2H3,(H,20,21). The fourth-order valence-electron chi connectivity index (χ4n) is 3.14. The average Bonchev–Trinajstić information content (AvgIpc) is 2.98. The molecule has 118 valence electrons. The van der Waals surface area contributed by atoms with Gasteiger partial charge in [0.05, 0.1) is 0 Å². The Labute approximate surface area is 131 Å². The highest BCUT2D eigenvalue weighted by atomic mass is 16.5. The number of carbonyl (C=O) groups excluding carboxylic acids is 1. The monoisotopic (exact) mass is 300 g/mol. The van der Waals surface area contributed by atoms with Crippen LogP contribution in [0, 0.1) is 5.92 Å². The number of hydrogen-bond donors (Lipinski definition) is 2. The normalized spacial score (nSPS) is 16.8. The van der Waals surface area contributed by atoms with Crippen molar-refractivity contribution in [1.82, 2.24) is 10.3 Å². The Morgan fingerprint density at radius 2 is 2.05 bits per heavy atom. The lowest BCUT2D eigenvalue weighted by molar-refractivity contribution is -0.128. The summed E-state index contributed by atoms with van der Waals surface area (Å²) in [4.78, 5) is 15.6. The first-order valence-electron chi connectivity index (χ1n) is 8.00. The molecule has 0 spiro atoms. The van der Waals surface area contributed by atoms with Crippen molar-refractivity contribution in [3.8, 4) is 0 Å². The minimum Gasteiger partial charge on any atom is -0.381 e. The van der Waals surface area contributed by atoms with Crippen LogP contribution in [-0.2, 0) is 14.9 Å². The maximum atomic E-state index is 12.3. The number of aromatic nitrogens is 1. The van der Waals surface area contributed by atoms with E-state index < -0.39 is 0 Å². The summed E-state index contributed by atoms with van der Waals surface area (Å²) in [7, 11) is 0. The van der Waals surface area contributed by atoms with E-state index in [9.17, 15) is 4.79 Å². The fourth-order valence-corrected chi connectivity index (χ4v) is 3.14. The third-order valence-electron chi connectivity index (χ3n) is 4.62. The molecule has 0 bridgehead atoms. The molecule has 22 heavy (non-hydrogen) atoms. The summed E-state index contributed by atoms with van der Waals surface area (Å²) >= 11 is 0. The van der Waals surface area contributed by atoms with Crippen molar-refractivity contribution in [3.05, 3.63) is 36.0 Å². The number of benzene rings is 1. The van der Waals surface area contributed by atoms with E-state index in [2.05, 4.69) is 48.5 Å². The minimum absolute atomic E-state index is 0.104. The van der Waals surface area contributed by atoms with Crippen LogP contribution >= 0.6 is 0 Å². The maximum absolute atomic E-state index is 12.3. The van der Waals surface area contributed by atoms with E-state index in [0.29, 0.717) is 19.8 Å². The van der Waals surface area contributed by atoms with Gasteiger partial charge in [-0.3, -0.25) is 4.79 Å². The van der Waals surface area contributed by atoms with E-state index in [-0.39, 0.29) is 17.2 Å². The third-order valence-corrected chi connectivity index (χ3v) is 4.62. The van der Waals surface area contributed by atoms with Gasteiger partial charge >= 0.3 is 0 Å². The summed E-state index contributed by atoms with van der Waals surface area (Å²) in [5.74, 6) is 0.267. The predicted molar refractivity (Wildman–Crippen MR) is 87.9 cm³/mol. The number of aromatic amines is 1. The first kappa shape index (κ1) is 15.1. The molecule has 4 heteroatoms. The number of rotatable bonds is 4. The molecule has 0 unspecified atom stereocenters. The van der Waals surface area contributed by atoms with Gasteiger partial charge in [0.2, 0.25) is 5.91 Å². The third kappa shape index (κ3) is 3.02. The molecule has 0 saturated carbocycles. The molecule has 0 atom stereocenters. The molecule has 4 nitrogen and oxygen atoms in total. The van der Waals surface area contributed by atoms with Gasteiger partial charge in [-0.15, -0.1) is 0 Å². The SMILES string of the molecule is CC(C)(CNC(=O)C1CCOCC1)c1c[nH]c2ccccc12. The molecule has 0 aliphatic carbocycles. The Kier molecular flexibility index (Phi) is 4.21. The lowest BCUT2D eigenvalue weighted by Gasteiger charge is -2.27. The highest BCUT2D eigenvalue weighted by molar-refractivity contribution is 5.84. The number of ether oxygens (including phenoxy) is 1. The van der Waals surface area contributed by atoms with Crippen molar-refractivity contribution in [3.63, 3.8) is 0 Å². The number of amides is 1. The van der Waals surface area contributed by atoms with Gasteiger partial charge in [-0.25, -0.2) is 0 Å². The van der Waals surface area contributed by atoms with Gasteiger partial charge < -0.3 is 15.0 Å². The second-order valence-corrected chi connectivity index (χ2v) is 6.74. The van der Waals surface area contributed by atoms with E-state index in [1.807, 2.05) is 6.07 Å². The number of H-pyrrole nitrogens is 1. The molecule has 0 radical (unpaired) electrons. The van der Waals surface area contributed by atoms with Gasteiger partial charge in [0, 0.05) is 48.2 Å². The van der Waals surface area contributed by atoms with Gasteiger partial charge in [0.15, 0.2) is 0 Å². The molecular formula is C18H24N2O2. The van der Waals surface area contributed by atoms with E-state index in [1.54, 1.807) is 0 Å². The van der Waals surface area contributed by atoms with Crippen molar-refractivity contribution < 1.29 is 9.53 Å². The summed E-state index contributed by atoms with van der Waals surface area (Å²) in [6.07, 6.45) is 3.73. The Balaban J connectivity index is 1.69. The zero-order valence-corrected chi connectivity index (χ0v) is 13.3.